The maximum atomic E-state index is 5.45. The monoisotopic (exact) mass is 949 g/mol. The van der Waals surface area contributed by atoms with Crippen molar-refractivity contribution in [2.24, 2.45) is 0 Å². The fraction of sp³-hybridized carbons (Fsp3) is 0. The van der Waals surface area contributed by atoms with E-state index in [1.165, 1.54) is 0 Å². The molecule has 0 bridgehead atoms. The molecule has 0 amide bonds. The number of fused-ring (bicyclic) bond motifs is 2. The first kappa shape index (κ1) is 43.7. The molecular weight excluding hydrogens is 907 g/mol. The van der Waals surface area contributed by atoms with Crippen LogP contribution in [0.5, 0.6) is 0 Å². The van der Waals surface area contributed by atoms with E-state index in [0.29, 0.717) is 29.2 Å². The predicted octanol–water partition coefficient (Wildman–Crippen LogP) is 16.0. The first-order chi connectivity index (χ1) is 36.7. The number of rotatable bonds is 10. The SMILES string of the molecule is c1ccc(-c2cc(-c3cc(-c4nc(-c5ccccc5)nc(-c5ccccc5)n4)ccc3N3c4ccccc4N(c4nc(-c5ccccc5)cc(-c5ccccc5)n4)c4ccccc43)nc(-c3ccccc3)n2)cc1. The molecule has 9 aromatic carbocycles. The molecule has 0 spiro atoms. The molecule has 0 atom stereocenters. The van der Waals surface area contributed by atoms with Crippen LogP contribution in [-0.2, 0) is 0 Å². The second-order valence-electron chi connectivity index (χ2n) is 17.8. The zero-order valence-electron chi connectivity index (χ0n) is 39.9. The summed E-state index contributed by atoms with van der Waals surface area (Å²) in [6, 6.07) is 88.6. The third-order valence-corrected chi connectivity index (χ3v) is 13.1. The van der Waals surface area contributed by atoms with Crippen LogP contribution in [0.1, 0.15) is 0 Å². The molecule has 0 saturated heterocycles. The number of aromatic nitrogens is 7. The minimum absolute atomic E-state index is 0.529. The first-order valence-electron chi connectivity index (χ1n) is 24.5. The van der Waals surface area contributed by atoms with Crippen LogP contribution < -0.4 is 9.80 Å². The van der Waals surface area contributed by atoms with E-state index in [1.807, 2.05) is 133 Å². The number of benzene rings is 9. The van der Waals surface area contributed by atoms with Gasteiger partial charge in [-0.3, -0.25) is 4.90 Å². The summed E-state index contributed by atoms with van der Waals surface area (Å²) in [5.41, 5.74) is 15.0. The molecule has 0 unspecified atom stereocenters. The topological polar surface area (TPSA) is 96.7 Å². The number of hydrogen-bond acceptors (Lipinski definition) is 9. The van der Waals surface area contributed by atoms with Gasteiger partial charge in [0.1, 0.15) is 0 Å². The van der Waals surface area contributed by atoms with Gasteiger partial charge < -0.3 is 4.90 Å². The van der Waals surface area contributed by atoms with Crippen LogP contribution in [0.15, 0.2) is 261 Å². The lowest BCUT2D eigenvalue weighted by atomic mass is 9.99. The fourth-order valence-electron chi connectivity index (χ4n) is 9.54. The second-order valence-corrected chi connectivity index (χ2v) is 17.8. The van der Waals surface area contributed by atoms with E-state index in [1.54, 1.807) is 0 Å². The summed E-state index contributed by atoms with van der Waals surface area (Å²) in [4.78, 5) is 41.3. The van der Waals surface area contributed by atoms with Crippen molar-refractivity contribution in [2.75, 3.05) is 9.80 Å². The summed E-state index contributed by atoms with van der Waals surface area (Å²) < 4.78 is 0. The molecule has 1 aliphatic rings. The third kappa shape index (κ3) is 8.40. The van der Waals surface area contributed by atoms with E-state index in [-0.39, 0.29) is 0 Å². The highest BCUT2D eigenvalue weighted by Gasteiger charge is 2.34. The molecule has 12 aromatic rings. The standard InChI is InChI=1S/C65H43N9/c1-7-23-44(24-8-1)52-43-55(67-61(66-52)47-29-13-4-14-30-47)51-41-50(64-71-62(48-31-15-5-16-32-48)70-63(72-64)49-33-17-6-18-34-49)39-40-56(51)73-57-35-19-21-37-59(57)74(60-38-22-20-36-58(60)73)65-68-53(45-25-9-2-10-26-45)42-54(69-65)46-27-11-3-12-28-46/h1-43H. The molecule has 0 N–H and O–H groups in total. The van der Waals surface area contributed by atoms with Crippen molar-refractivity contribution in [1.29, 1.82) is 0 Å². The maximum Gasteiger partial charge on any atom is 0.235 e. The lowest BCUT2D eigenvalue weighted by Crippen LogP contribution is -2.25. The number of para-hydroxylation sites is 4. The Bertz CT molecular complexity index is 3730. The zero-order chi connectivity index (χ0) is 49.2. The summed E-state index contributed by atoms with van der Waals surface area (Å²) >= 11 is 0. The maximum absolute atomic E-state index is 5.45. The van der Waals surface area contributed by atoms with Crippen LogP contribution in [0.3, 0.4) is 0 Å². The van der Waals surface area contributed by atoms with Gasteiger partial charge in [0, 0.05) is 44.5 Å². The Balaban J connectivity index is 1.05. The van der Waals surface area contributed by atoms with Gasteiger partial charge in [-0.05, 0) is 54.6 Å². The highest BCUT2D eigenvalue weighted by Crippen LogP contribution is 2.55. The van der Waals surface area contributed by atoms with Gasteiger partial charge in [0.15, 0.2) is 23.3 Å². The summed E-state index contributed by atoms with van der Waals surface area (Å²) in [6.07, 6.45) is 0. The smallest absolute Gasteiger partial charge is 0.235 e. The van der Waals surface area contributed by atoms with Gasteiger partial charge >= 0.3 is 0 Å². The molecule has 9 heteroatoms. The van der Waals surface area contributed by atoms with E-state index >= 15 is 0 Å². The minimum Gasteiger partial charge on any atom is -0.306 e. The molecular formula is C65H43N9. The molecule has 0 saturated carbocycles. The molecule has 1 aliphatic heterocycles. The van der Waals surface area contributed by atoms with Crippen LogP contribution in [0, 0.1) is 0 Å². The van der Waals surface area contributed by atoms with Crippen LogP contribution >= 0.6 is 0 Å². The summed E-state index contributed by atoms with van der Waals surface area (Å²) in [5, 5.41) is 0. The summed E-state index contributed by atoms with van der Waals surface area (Å²) in [6.45, 7) is 0. The van der Waals surface area contributed by atoms with E-state index in [0.717, 1.165) is 95.7 Å². The average Bonchev–Trinajstić information content (AvgIpc) is 3.49. The van der Waals surface area contributed by atoms with Gasteiger partial charge in [0.25, 0.3) is 0 Å². The molecule has 3 aromatic heterocycles. The molecule has 13 rings (SSSR count). The van der Waals surface area contributed by atoms with E-state index in [2.05, 4.69) is 137 Å². The Morgan fingerprint density at radius 2 is 0.514 bits per heavy atom. The normalized spacial score (nSPS) is 11.7. The molecule has 348 valence electrons. The highest BCUT2D eigenvalue weighted by atomic mass is 15.3. The van der Waals surface area contributed by atoms with Crippen molar-refractivity contribution in [3.63, 3.8) is 0 Å². The van der Waals surface area contributed by atoms with Crippen LogP contribution in [-0.4, -0.2) is 34.9 Å². The Hall–Kier alpha value is -10.3. The van der Waals surface area contributed by atoms with Crippen molar-refractivity contribution < 1.29 is 0 Å². The predicted molar refractivity (Wildman–Crippen MR) is 297 cm³/mol. The Labute approximate surface area is 428 Å². The van der Waals surface area contributed by atoms with Gasteiger partial charge in [0.05, 0.1) is 51.2 Å². The van der Waals surface area contributed by atoms with Crippen LogP contribution in [0.4, 0.5) is 34.4 Å². The van der Waals surface area contributed by atoms with Crippen LogP contribution in [0.25, 0.3) is 90.6 Å². The molecule has 0 fully saturated rings. The second kappa shape index (κ2) is 19.2. The van der Waals surface area contributed by atoms with Gasteiger partial charge in [-0.1, -0.05) is 206 Å². The highest BCUT2D eigenvalue weighted by molar-refractivity contribution is 6.03. The van der Waals surface area contributed by atoms with E-state index in [4.69, 9.17) is 34.9 Å². The van der Waals surface area contributed by atoms with Crippen molar-refractivity contribution in [1.82, 2.24) is 34.9 Å². The molecule has 74 heavy (non-hydrogen) atoms. The minimum atomic E-state index is 0.529. The average molecular weight is 950 g/mol. The zero-order valence-corrected chi connectivity index (χ0v) is 39.9. The quantitative estimate of drug-likeness (QED) is 0.133. The summed E-state index contributed by atoms with van der Waals surface area (Å²) in [7, 11) is 0. The van der Waals surface area contributed by atoms with Crippen molar-refractivity contribution in [3.05, 3.63) is 261 Å². The van der Waals surface area contributed by atoms with Crippen molar-refractivity contribution in [3.8, 4) is 90.6 Å². The summed E-state index contributed by atoms with van der Waals surface area (Å²) in [5.74, 6) is 2.84. The van der Waals surface area contributed by atoms with Crippen LogP contribution in [0.2, 0.25) is 0 Å². The van der Waals surface area contributed by atoms with Gasteiger partial charge in [0.2, 0.25) is 5.95 Å². The Kier molecular flexibility index (Phi) is 11.3. The molecule has 0 aliphatic carbocycles. The molecule has 4 heterocycles. The van der Waals surface area contributed by atoms with E-state index < -0.39 is 0 Å². The van der Waals surface area contributed by atoms with Crippen molar-refractivity contribution in [2.45, 2.75) is 0 Å². The lowest BCUT2D eigenvalue weighted by Gasteiger charge is -2.40. The Morgan fingerprint density at radius 3 is 0.932 bits per heavy atom. The first-order valence-corrected chi connectivity index (χ1v) is 24.5. The van der Waals surface area contributed by atoms with Gasteiger partial charge in [-0.15, -0.1) is 0 Å². The largest absolute Gasteiger partial charge is 0.306 e. The number of hydrogen-bond donors (Lipinski definition) is 0. The van der Waals surface area contributed by atoms with Gasteiger partial charge in [-0.25, -0.2) is 34.9 Å². The fourth-order valence-corrected chi connectivity index (χ4v) is 9.54. The third-order valence-electron chi connectivity index (χ3n) is 13.1. The molecule has 9 nitrogen and oxygen atoms in total. The van der Waals surface area contributed by atoms with Gasteiger partial charge in [-0.2, -0.15) is 0 Å². The number of nitrogens with zero attached hydrogens (tertiary/aromatic N) is 9. The lowest BCUT2D eigenvalue weighted by molar-refractivity contribution is 1.06. The van der Waals surface area contributed by atoms with Crippen molar-refractivity contribution >= 4 is 34.4 Å². The van der Waals surface area contributed by atoms with E-state index in [9.17, 15) is 0 Å². The molecule has 0 radical (unpaired) electrons. The Morgan fingerprint density at radius 1 is 0.203 bits per heavy atom. The number of anilines is 6.